The van der Waals surface area contributed by atoms with E-state index in [1.54, 1.807) is 17.4 Å². The molecule has 2 aliphatic heterocycles. The first-order chi connectivity index (χ1) is 22.2. The Kier molecular flexibility index (Phi) is 10.1. The highest BCUT2D eigenvalue weighted by Gasteiger charge is 2.41. The van der Waals surface area contributed by atoms with E-state index in [9.17, 15) is 19.8 Å². The zero-order valence-electron chi connectivity index (χ0n) is 26.2. The Hall–Kier alpha value is -3.33. The number of aryl methyl sites for hydroxylation is 2. The number of carbonyl (C=O) groups is 1. The number of benzene rings is 2. The van der Waals surface area contributed by atoms with Gasteiger partial charge in [-0.2, -0.15) is 0 Å². The van der Waals surface area contributed by atoms with E-state index in [1.165, 1.54) is 6.07 Å². The maximum absolute atomic E-state index is 13.1. The summed E-state index contributed by atoms with van der Waals surface area (Å²) in [5, 5.41) is 25.0. The standard InChI is InChI=1S/C33H41N5O6S2/c1-21-28(45-22(2)35-21)17-29(41)38-14-16-44-33(20-38)9-11-37(12-10-33)13-15-43-24-5-3-23(4-6-24)18-34-19-27(40)25-7-8-26(39)30-31(25)46-32(42)36-30/h3-8,27,34,39-40H,9-20H2,1-2H3,(H,36,42). The van der Waals surface area contributed by atoms with E-state index < -0.39 is 6.10 Å². The normalized spacial score (nSPS) is 17.5. The van der Waals surface area contributed by atoms with Crippen molar-refractivity contribution in [3.05, 3.63) is 72.8 Å². The number of phenols is 1. The Bertz CT molecular complexity index is 1710. The third-order valence-electron chi connectivity index (χ3n) is 8.89. The van der Waals surface area contributed by atoms with Crippen molar-refractivity contribution in [3.63, 3.8) is 0 Å². The summed E-state index contributed by atoms with van der Waals surface area (Å²) in [6, 6.07) is 11.0. The molecule has 1 atom stereocenters. The number of hydrogen-bond donors (Lipinski definition) is 4. The first-order valence-corrected chi connectivity index (χ1v) is 17.3. The number of nitrogens with zero attached hydrogens (tertiary/aromatic N) is 3. The number of H-pyrrole nitrogens is 1. The predicted molar refractivity (Wildman–Crippen MR) is 179 cm³/mol. The second-order valence-electron chi connectivity index (χ2n) is 12.1. The number of aromatic hydroxyl groups is 1. The van der Waals surface area contributed by atoms with Crippen LogP contribution in [0.2, 0.25) is 0 Å². The number of hydrogen-bond acceptors (Lipinski definition) is 11. The number of rotatable bonds is 11. The summed E-state index contributed by atoms with van der Waals surface area (Å²) < 4.78 is 12.9. The molecule has 2 aromatic heterocycles. The number of piperidine rings is 1. The van der Waals surface area contributed by atoms with E-state index >= 15 is 0 Å². The van der Waals surface area contributed by atoms with E-state index in [4.69, 9.17) is 9.47 Å². The van der Waals surface area contributed by atoms with Crippen molar-refractivity contribution in [2.45, 2.75) is 51.4 Å². The lowest BCUT2D eigenvalue weighted by molar-refractivity contribution is -0.159. The fourth-order valence-corrected chi connectivity index (χ4v) is 8.14. The molecule has 1 spiro atoms. The molecule has 0 saturated carbocycles. The van der Waals surface area contributed by atoms with E-state index in [2.05, 4.69) is 20.2 Å². The largest absolute Gasteiger partial charge is 0.506 e. The van der Waals surface area contributed by atoms with Crippen molar-refractivity contribution in [3.8, 4) is 11.5 Å². The highest BCUT2D eigenvalue weighted by Crippen LogP contribution is 2.32. The highest BCUT2D eigenvalue weighted by atomic mass is 32.1. The molecule has 11 nitrogen and oxygen atoms in total. The van der Waals surface area contributed by atoms with Crippen molar-refractivity contribution >= 4 is 38.8 Å². The molecule has 2 aliphatic rings. The Morgan fingerprint density at radius 1 is 1.15 bits per heavy atom. The van der Waals surface area contributed by atoms with Gasteiger partial charge in [0, 0.05) is 56.3 Å². The summed E-state index contributed by atoms with van der Waals surface area (Å²) in [5.41, 5.74) is 2.72. The van der Waals surface area contributed by atoms with Gasteiger partial charge >= 0.3 is 4.87 Å². The van der Waals surface area contributed by atoms with Gasteiger partial charge in [-0.05, 0) is 50.5 Å². The third-order valence-corrected chi connectivity index (χ3v) is 10.9. The van der Waals surface area contributed by atoms with Crippen LogP contribution in [0.25, 0.3) is 10.2 Å². The number of thiazole rings is 2. The first-order valence-electron chi connectivity index (χ1n) is 15.7. The Labute approximate surface area is 275 Å². The number of nitrogens with one attached hydrogen (secondary N) is 2. The van der Waals surface area contributed by atoms with Crippen LogP contribution >= 0.6 is 22.7 Å². The van der Waals surface area contributed by atoms with Crippen LogP contribution in [-0.4, -0.2) is 94.0 Å². The van der Waals surface area contributed by atoms with Crippen LogP contribution in [-0.2, 0) is 22.5 Å². The number of phenolic OH excluding ortho intramolecular Hbond substituents is 1. The molecule has 13 heteroatoms. The van der Waals surface area contributed by atoms with Gasteiger partial charge in [-0.15, -0.1) is 11.3 Å². The maximum atomic E-state index is 13.1. The summed E-state index contributed by atoms with van der Waals surface area (Å²) in [5.74, 6) is 0.965. The van der Waals surface area contributed by atoms with E-state index in [0.717, 1.165) is 70.7 Å². The number of likely N-dealkylation sites (tertiary alicyclic amines) is 1. The van der Waals surface area contributed by atoms with E-state index in [1.807, 2.05) is 43.0 Å². The SMILES string of the molecule is Cc1nc(C)c(CC(=O)N2CCOC3(CCN(CCOc4ccc(CNCC(O)c5ccc(O)c6[nH]c(=O)sc56)cc4)CC3)C2)s1. The zero-order chi connectivity index (χ0) is 32.3. The number of amides is 1. The molecule has 4 N–H and O–H groups in total. The molecule has 4 aromatic rings. The van der Waals surface area contributed by atoms with Gasteiger partial charge in [0.2, 0.25) is 5.91 Å². The van der Waals surface area contributed by atoms with Gasteiger partial charge in [-0.1, -0.05) is 29.5 Å². The molecule has 4 heterocycles. The summed E-state index contributed by atoms with van der Waals surface area (Å²) >= 11 is 2.59. The van der Waals surface area contributed by atoms with Crippen molar-refractivity contribution in [2.75, 3.05) is 52.5 Å². The molecule has 2 fully saturated rings. The first kappa shape index (κ1) is 32.6. The van der Waals surface area contributed by atoms with Crippen LogP contribution in [0.4, 0.5) is 0 Å². The summed E-state index contributed by atoms with van der Waals surface area (Å²) in [4.78, 5) is 37.1. The van der Waals surface area contributed by atoms with Crippen LogP contribution in [0.1, 0.15) is 45.7 Å². The quantitative estimate of drug-likeness (QED) is 0.189. The molecular weight excluding hydrogens is 627 g/mol. The van der Waals surface area contributed by atoms with Gasteiger partial charge in [0.15, 0.2) is 0 Å². The Morgan fingerprint density at radius 3 is 2.67 bits per heavy atom. The molecule has 2 saturated heterocycles. The minimum atomic E-state index is -0.823. The minimum Gasteiger partial charge on any atom is -0.506 e. The van der Waals surface area contributed by atoms with Crippen molar-refractivity contribution in [1.29, 1.82) is 0 Å². The number of aliphatic hydroxyl groups is 1. The fourth-order valence-electron chi connectivity index (χ4n) is 6.29. The average Bonchev–Trinajstić information content (AvgIpc) is 3.59. The lowest BCUT2D eigenvalue weighted by atomic mass is 9.89. The molecule has 1 amide bonds. The van der Waals surface area contributed by atoms with Crippen molar-refractivity contribution < 1.29 is 24.5 Å². The van der Waals surface area contributed by atoms with Crippen LogP contribution in [0.15, 0.2) is 41.2 Å². The third kappa shape index (κ3) is 7.62. The molecule has 1 unspecified atom stereocenters. The summed E-state index contributed by atoms with van der Waals surface area (Å²) in [6.45, 7) is 9.93. The number of aromatic nitrogens is 2. The number of aliphatic hydroxyl groups excluding tert-OH is 1. The smallest absolute Gasteiger partial charge is 0.305 e. The number of fused-ring (bicyclic) bond motifs is 1. The molecule has 0 aliphatic carbocycles. The van der Waals surface area contributed by atoms with Gasteiger partial charge in [0.05, 0.1) is 40.1 Å². The van der Waals surface area contributed by atoms with Crippen LogP contribution in [0.3, 0.4) is 0 Å². The number of ether oxygens (including phenoxy) is 2. The molecule has 0 bridgehead atoms. The van der Waals surface area contributed by atoms with Crippen LogP contribution < -0.4 is 14.9 Å². The summed E-state index contributed by atoms with van der Waals surface area (Å²) in [7, 11) is 0. The van der Waals surface area contributed by atoms with Crippen LogP contribution in [0.5, 0.6) is 11.5 Å². The number of carbonyl (C=O) groups excluding carboxylic acids is 1. The van der Waals surface area contributed by atoms with Gasteiger partial charge in [-0.25, -0.2) is 4.98 Å². The summed E-state index contributed by atoms with van der Waals surface area (Å²) in [6.07, 6.45) is 1.39. The van der Waals surface area contributed by atoms with Gasteiger partial charge in [0.1, 0.15) is 23.6 Å². The Morgan fingerprint density at radius 2 is 1.93 bits per heavy atom. The second kappa shape index (κ2) is 14.2. The maximum Gasteiger partial charge on any atom is 0.305 e. The fraction of sp³-hybridized carbons (Fsp3) is 0.485. The van der Waals surface area contributed by atoms with Gasteiger partial charge in [-0.3, -0.25) is 14.5 Å². The van der Waals surface area contributed by atoms with Gasteiger partial charge in [0.25, 0.3) is 0 Å². The molecular formula is C33H41N5O6S2. The lowest BCUT2D eigenvalue weighted by Crippen LogP contribution is -2.58. The predicted octanol–water partition coefficient (Wildman–Crippen LogP) is 3.51. The molecule has 2 aromatic carbocycles. The van der Waals surface area contributed by atoms with E-state index in [0.29, 0.717) is 61.6 Å². The molecule has 6 rings (SSSR count). The monoisotopic (exact) mass is 667 g/mol. The van der Waals surface area contributed by atoms with Crippen molar-refractivity contribution in [1.82, 2.24) is 25.1 Å². The molecule has 46 heavy (non-hydrogen) atoms. The topological polar surface area (TPSA) is 140 Å². The average molecular weight is 668 g/mol. The van der Waals surface area contributed by atoms with E-state index in [-0.39, 0.29) is 22.1 Å². The minimum absolute atomic E-state index is 0.00675. The molecule has 246 valence electrons. The van der Waals surface area contributed by atoms with Gasteiger partial charge < -0.3 is 34.9 Å². The number of morpholine rings is 1. The lowest BCUT2D eigenvalue weighted by Gasteiger charge is -2.47. The highest BCUT2D eigenvalue weighted by molar-refractivity contribution is 7.16. The van der Waals surface area contributed by atoms with Crippen LogP contribution in [0, 0.1) is 13.8 Å². The number of aromatic amines is 1. The molecule has 0 radical (unpaired) electrons. The van der Waals surface area contributed by atoms with Crippen molar-refractivity contribution in [2.24, 2.45) is 0 Å². The second-order valence-corrected chi connectivity index (χ2v) is 14.4. The Balaban J connectivity index is 0.902. The zero-order valence-corrected chi connectivity index (χ0v) is 27.8.